The SMILES string of the molecule is CC1(C)OC(=O)c2cc(S(=O)(=O)Nc3ccc(Cl)cc3-n3nnc4ncccc43)ccc21.[C-]#[N+]c1cc(S(=O)(=O)Nc2ccc(Cl)cc2-n2nnc3ncccc32)ccc1C(=O)OC. The molecule has 0 saturated heterocycles. The topological polar surface area (TPSA) is 236 Å². The first-order valence-corrected chi connectivity index (χ1v) is 22.2. The van der Waals surface area contributed by atoms with Crippen LogP contribution in [0.1, 0.15) is 40.1 Å². The molecule has 5 heterocycles. The van der Waals surface area contributed by atoms with E-state index in [-0.39, 0.29) is 38.0 Å². The molecular weight excluding hydrogens is 910 g/mol. The Hall–Kier alpha value is -7.51. The Kier molecular flexibility index (Phi) is 11.2. The number of benzene rings is 4. The third kappa shape index (κ3) is 8.25. The highest BCUT2D eigenvalue weighted by Crippen LogP contribution is 2.38. The van der Waals surface area contributed by atoms with Crippen molar-refractivity contribution in [2.75, 3.05) is 16.6 Å². The van der Waals surface area contributed by atoms with Gasteiger partial charge < -0.3 is 9.47 Å². The van der Waals surface area contributed by atoms with Crippen molar-refractivity contribution in [2.24, 2.45) is 0 Å². The van der Waals surface area contributed by atoms with Gasteiger partial charge in [-0.3, -0.25) is 9.44 Å². The number of rotatable bonds is 9. The summed E-state index contributed by atoms with van der Waals surface area (Å²) in [5, 5.41) is 16.9. The van der Waals surface area contributed by atoms with Gasteiger partial charge in [0.2, 0.25) is 17.0 Å². The molecule has 19 nitrogen and oxygen atoms in total. The van der Waals surface area contributed by atoms with Crippen molar-refractivity contribution in [1.29, 1.82) is 0 Å². The van der Waals surface area contributed by atoms with Crippen molar-refractivity contribution < 1.29 is 35.9 Å². The largest absolute Gasteiger partial charge is 0.466 e. The van der Waals surface area contributed by atoms with Gasteiger partial charge in [0, 0.05) is 28.0 Å². The van der Waals surface area contributed by atoms with Crippen LogP contribution in [0.25, 0.3) is 38.5 Å². The fourth-order valence-electron chi connectivity index (χ4n) is 6.61. The highest BCUT2D eigenvalue weighted by atomic mass is 35.5. The molecule has 64 heavy (non-hydrogen) atoms. The van der Waals surface area contributed by atoms with Crippen LogP contribution < -0.4 is 9.44 Å². The van der Waals surface area contributed by atoms with Crippen LogP contribution in [0.3, 0.4) is 0 Å². The standard InChI is InChI=1S/C21H16ClN5O4S.C20H13ClN6O4S/c1-21(2)15-7-6-13(11-14(15)20(28)31-21)32(29,30)25-16-8-5-12(22)10-18(16)27-17-4-3-9-23-19(17)24-26-27;1-22-16-11-13(6-7-14(16)20(28)31-2)32(29,30)25-15-8-5-12(21)10-18(15)27-17-4-3-9-23-19(17)24-26-27/h3-11,25H,1-2H3;3-11,25H,2H3. The number of carbonyl (C=O) groups excluding carboxylic acids is 2. The van der Waals surface area contributed by atoms with E-state index in [0.29, 0.717) is 49.3 Å². The number of carbonyl (C=O) groups is 2. The monoisotopic (exact) mass is 937 g/mol. The van der Waals surface area contributed by atoms with Crippen LogP contribution in [-0.4, -0.2) is 75.8 Å². The van der Waals surface area contributed by atoms with E-state index in [1.807, 2.05) is 0 Å². The number of aromatic nitrogens is 8. The molecule has 0 spiro atoms. The third-order valence-corrected chi connectivity index (χ3v) is 12.8. The normalized spacial score (nSPS) is 13.0. The minimum Gasteiger partial charge on any atom is -0.466 e. The van der Waals surface area contributed by atoms with Crippen molar-refractivity contribution in [3.05, 3.63) is 148 Å². The maximum Gasteiger partial charge on any atom is 0.339 e. The maximum atomic E-state index is 13.2. The molecular formula is C41H29Cl2N11O8S2. The second-order valence-corrected chi connectivity index (χ2v) is 18.4. The smallest absolute Gasteiger partial charge is 0.339 e. The van der Waals surface area contributed by atoms with E-state index in [9.17, 15) is 26.4 Å². The van der Waals surface area contributed by atoms with Gasteiger partial charge in [-0.15, -0.1) is 10.2 Å². The number of hydrogen-bond acceptors (Lipinski definition) is 14. The van der Waals surface area contributed by atoms with Crippen LogP contribution in [0.4, 0.5) is 17.1 Å². The molecule has 1 aliphatic rings. The first kappa shape index (κ1) is 43.2. The van der Waals surface area contributed by atoms with Gasteiger partial charge in [0.15, 0.2) is 0 Å². The summed E-state index contributed by atoms with van der Waals surface area (Å²) in [6, 6.07) is 24.0. The quantitative estimate of drug-likeness (QED) is 0.107. The molecule has 9 rings (SSSR count). The predicted molar refractivity (Wildman–Crippen MR) is 234 cm³/mol. The van der Waals surface area contributed by atoms with Gasteiger partial charge in [0.1, 0.15) is 16.6 Å². The Balaban J connectivity index is 0.000000175. The van der Waals surface area contributed by atoms with Crippen molar-refractivity contribution in [2.45, 2.75) is 29.2 Å². The molecule has 8 aromatic rings. The highest BCUT2D eigenvalue weighted by Gasteiger charge is 2.38. The summed E-state index contributed by atoms with van der Waals surface area (Å²) < 4.78 is 70.4. The number of pyridine rings is 2. The first-order chi connectivity index (χ1) is 30.5. The molecule has 322 valence electrons. The van der Waals surface area contributed by atoms with E-state index < -0.39 is 37.6 Å². The average Bonchev–Trinajstić information content (AvgIpc) is 3.97. The molecule has 0 saturated carbocycles. The molecule has 4 aromatic carbocycles. The second kappa shape index (κ2) is 16.6. The van der Waals surface area contributed by atoms with Crippen LogP contribution in [-0.2, 0) is 35.1 Å². The molecule has 0 aliphatic carbocycles. The summed E-state index contributed by atoms with van der Waals surface area (Å²) in [4.78, 5) is 35.2. The summed E-state index contributed by atoms with van der Waals surface area (Å²) in [5.74, 6) is -1.30. The van der Waals surface area contributed by atoms with Gasteiger partial charge in [0.05, 0.1) is 57.3 Å². The van der Waals surface area contributed by atoms with Crippen molar-refractivity contribution >= 4 is 94.6 Å². The van der Waals surface area contributed by atoms with Gasteiger partial charge in [-0.2, -0.15) is 0 Å². The molecule has 0 bridgehead atoms. The first-order valence-electron chi connectivity index (χ1n) is 18.5. The number of hydrogen-bond donors (Lipinski definition) is 2. The van der Waals surface area contributed by atoms with Crippen molar-refractivity contribution in [3.8, 4) is 11.4 Å². The van der Waals surface area contributed by atoms with E-state index >= 15 is 0 Å². The molecule has 0 radical (unpaired) electrons. The van der Waals surface area contributed by atoms with Gasteiger partial charge in [-0.05, 0) is 98.8 Å². The zero-order valence-electron chi connectivity index (χ0n) is 33.3. The van der Waals surface area contributed by atoms with Crippen LogP contribution in [0, 0.1) is 6.57 Å². The van der Waals surface area contributed by atoms with Crippen LogP contribution in [0.5, 0.6) is 0 Å². The lowest BCUT2D eigenvalue weighted by atomic mass is 9.96. The molecule has 0 fully saturated rings. The third-order valence-electron chi connectivity index (χ3n) is 9.63. The summed E-state index contributed by atoms with van der Waals surface area (Å²) in [7, 11) is -7.02. The van der Waals surface area contributed by atoms with Crippen LogP contribution >= 0.6 is 23.2 Å². The minimum atomic E-state index is -4.14. The maximum absolute atomic E-state index is 13.2. The second-order valence-electron chi connectivity index (χ2n) is 14.1. The summed E-state index contributed by atoms with van der Waals surface area (Å²) >= 11 is 12.3. The van der Waals surface area contributed by atoms with Gasteiger partial charge in [0.25, 0.3) is 20.0 Å². The van der Waals surface area contributed by atoms with E-state index in [1.54, 1.807) is 68.7 Å². The number of halogens is 2. The lowest BCUT2D eigenvalue weighted by molar-refractivity contribution is 0.00951. The molecule has 2 N–H and O–H groups in total. The van der Waals surface area contributed by atoms with E-state index in [4.69, 9.17) is 34.5 Å². The molecule has 0 amide bonds. The number of anilines is 2. The zero-order valence-corrected chi connectivity index (χ0v) is 36.4. The Morgan fingerprint density at radius 1 is 0.750 bits per heavy atom. The fraction of sp³-hybridized carbons (Fsp3) is 0.0976. The van der Waals surface area contributed by atoms with Gasteiger partial charge >= 0.3 is 11.9 Å². The van der Waals surface area contributed by atoms with Gasteiger partial charge in [-0.1, -0.05) is 45.8 Å². The number of ether oxygens (including phenoxy) is 2. The predicted octanol–water partition coefficient (Wildman–Crippen LogP) is 7.28. The molecule has 0 atom stereocenters. The number of fused-ring (bicyclic) bond motifs is 3. The lowest BCUT2D eigenvalue weighted by Gasteiger charge is -2.17. The van der Waals surface area contributed by atoms with E-state index in [0.717, 1.165) is 6.07 Å². The van der Waals surface area contributed by atoms with Crippen LogP contribution in [0.15, 0.2) is 119 Å². The highest BCUT2D eigenvalue weighted by molar-refractivity contribution is 7.93. The van der Waals surface area contributed by atoms with E-state index in [1.165, 1.54) is 65.0 Å². The van der Waals surface area contributed by atoms with E-state index in [2.05, 4.69) is 49.6 Å². The summed E-state index contributed by atoms with van der Waals surface area (Å²) in [5.41, 5.74) is 2.88. The van der Waals surface area contributed by atoms with Crippen molar-refractivity contribution in [1.82, 2.24) is 40.0 Å². The van der Waals surface area contributed by atoms with Crippen LogP contribution in [0.2, 0.25) is 10.0 Å². The van der Waals surface area contributed by atoms with Crippen molar-refractivity contribution in [3.63, 3.8) is 0 Å². The minimum absolute atomic E-state index is 0.0322. The summed E-state index contributed by atoms with van der Waals surface area (Å²) in [6.45, 7) is 10.8. The lowest BCUT2D eigenvalue weighted by Crippen LogP contribution is -2.17. The Bertz CT molecular complexity index is 3480. The Morgan fingerprint density at radius 3 is 1.78 bits per heavy atom. The fourth-order valence-corrected chi connectivity index (χ4v) is 9.13. The Labute approximate surface area is 373 Å². The molecule has 4 aromatic heterocycles. The summed E-state index contributed by atoms with van der Waals surface area (Å²) in [6.07, 6.45) is 3.15. The number of nitrogens with zero attached hydrogens (tertiary/aromatic N) is 9. The molecule has 23 heteroatoms. The number of sulfonamides is 2. The number of nitrogens with one attached hydrogen (secondary N) is 2. The number of cyclic esters (lactones) is 1. The molecule has 0 unspecified atom stereocenters. The molecule has 1 aliphatic heterocycles. The Morgan fingerprint density at radius 2 is 1.27 bits per heavy atom. The average molecular weight is 939 g/mol. The number of methoxy groups -OCH3 is 1. The van der Waals surface area contributed by atoms with Gasteiger partial charge in [-0.25, -0.2) is 50.6 Å². The zero-order chi connectivity index (χ0) is 45.6. The number of esters is 2.